The lowest BCUT2D eigenvalue weighted by Crippen LogP contribution is -2.67. The summed E-state index contributed by atoms with van der Waals surface area (Å²) in [5.41, 5.74) is 0. The summed E-state index contributed by atoms with van der Waals surface area (Å²) in [6, 6.07) is -1.28. The first kappa shape index (κ1) is 78.6. The van der Waals surface area contributed by atoms with Gasteiger partial charge in [-0.2, -0.15) is 0 Å². The van der Waals surface area contributed by atoms with E-state index in [0.717, 1.165) is 148 Å². The highest BCUT2D eigenvalue weighted by atomic mass is 31.2. The van der Waals surface area contributed by atoms with Crippen LogP contribution in [0.15, 0.2) is 12.2 Å². The zero-order chi connectivity index (χ0) is 63.6. The van der Waals surface area contributed by atoms with Crippen molar-refractivity contribution in [2.24, 2.45) is 0 Å². The molecular weight excluding hydrogens is 1120 g/mol. The van der Waals surface area contributed by atoms with Crippen molar-refractivity contribution in [1.82, 2.24) is 5.32 Å². The van der Waals surface area contributed by atoms with Crippen LogP contribution in [0.2, 0.25) is 0 Å². The van der Waals surface area contributed by atoms with Gasteiger partial charge in [-0.05, 0) is 57.8 Å². The van der Waals surface area contributed by atoms with Gasteiger partial charge < -0.3 is 68.3 Å². The lowest BCUT2D eigenvalue weighted by molar-refractivity contribution is -0.330. The molecule has 2 aliphatic rings. The maximum absolute atomic E-state index is 14.1. The quantitative estimate of drug-likeness (QED) is 0.0188. The van der Waals surface area contributed by atoms with Crippen LogP contribution in [0.3, 0.4) is 0 Å². The molecule has 18 nitrogen and oxygen atoms in total. The Labute approximate surface area is 523 Å². The average molecular weight is 1250 g/mol. The Balaban J connectivity index is 2.38. The molecule has 2 heterocycles. The molecule has 0 aliphatic carbocycles. The maximum atomic E-state index is 14.1. The van der Waals surface area contributed by atoms with Gasteiger partial charge in [-0.15, -0.1) is 0 Å². The van der Waals surface area contributed by atoms with Crippen LogP contribution in [0.5, 0.6) is 0 Å². The Hall–Kier alpha value is -1.61. The molecule has 508 valence electrons. The van der Waals surface area contributed by atoms with Gasteiger partial charge in [0, 0.05) is 33.3 Å². The van der Waals surface area contributed by atoms with Gasteiger partial charge in [-0.1, -0.05) is 239 Å². The number of aliphatic hydroxyl groups is 2. The molecule has 6 N–H and O–H groups in total. The number of amides is 1. The highest BCUT2D eigenvalue weighted by Crippen LogP contribution is 2.42. The summed E-state index contributed by atoms with van der Waals surface area (Å²) in [5, 5.41) is 35.9. The van der Waals surface area contributed by atoms with Crippen molar-refractivity contribution < 1.29 is 83.0 Å². The fourth-order valence-electron chi connectivity index (χ4n) is 11.5. The number of carboxylic acids is 1. The number of ether oxygens (including phenoxy) is 8. The molecule has 2 rings (SSSR count). The lowest BCUT2D eigenvalue weighted by atomic mass is 9.95. The maximum Gasteiger partial charge on any atom is 0.470 e. The number of phosphoric acid groups is 1. The van der Waals surface area contributed by atoms with Crippen LogP contribution in [-0.2, 0) is 56.6 Å². The average Bonchev–Trinajstić information content (AvgIpc) is 1.17. The van der Waals surface area contributed by atoms with E-state index in [-0.39, 0.29) is 25.7 Å². The van der Waals surface area contributed by atoms with E-state index in [1.54, 1.807) is 7.11 Å². The van der Waals surface area contributed by atoms with Gasteiger partial charge in [0.25, 0.3) is 0 Å². The summed E-state index contributed by atoms with van der Waals surface area (Å²) in [5.74, 6) is -1.67. The van der Waals surface area contributed by atoms with E-state index in [1.807, 2.05) is 0 Å². The Kier molecular flexibility index (Phi) is 49.4. The molecule has 0 aromatic carbocycles. The Morgan fingerprint density at radius 2 is 1.02 bits per heavy atom. The van der Waals surface area contributed by atoms with Gasteiger partial charge in [-0.25, -0.2) is 9.36 Å². The normalized spacial score (nSPS) is 23.7. The SMILES string of the molecule is [2H]C(CCCCCCCCCCCCC)O[C@H]1C(OCC(=O)O)O[C@H](CO[C@@H]2O[C@H](CO)[C@@H](OP(=O)(O)O)[C@H](OCC[C@@H](CCCCCCC)OC)[C@H]2NC(=O)CCCCCCCCC/C=C\CCCCCC)[C@@H](O)[C@@H]1OCCCCCCCCCC. The third-order valence-corrected chi connectivity index (χ3v) is 17.2. The Bertz CT molecular complexity index is 1700. The molecule has 2 saturated heterocycles. The molecule has 0 radical (unpaired) electrons. The minimum atomic E-state index is -5.26. The van der Waals surface area contributed by atoms with E-state index < -0.39 is 107 Å². The molecule has 1 amide bonds. The van der Waals surface area contributed by atoms with Crippen LogP contribution in [0.1, 0.15) is 292 Å². The number of carbonyl (C=O) groups excluding carboxylic acids is 1. The summed E-state index contributed by atoms with van der Waals surface area (Å²) in [6.07, 6.45) is 34.2. The molecule has 86 heavy (non-hydrogen) atoms. The van der Waals surface area contributed by atoms with Gasteiger partial charge in [-0.3, -0.25) is 9.32 Å². The summed E-state index contributed by atoms with van der Waals surface area (Å²) >= 11 is 0. The van der Waals surface area contributed by atoms with E-state index in [0.29, 0.717) is 25.7 Å². The monoisotopic (exact) mass is 1250 g/mol. The Morgan fingerprint density at radius 3 is 1.55 bits per heavy atom. The number of allylic oxidation sites excluding steroid dienone is 2. The molecule has 2 fully saturated rings. The van der Waals surface area contributed by atoms with Crippen molar-refractivity contribution in [2.75, 3.05) is 46.7 Å². The molecule has 0 aromatic rings. The number of hydrogen-bond acceptors (Lipinski definition) is 14. The second-order valence-electron chi connectivity index (χ2n) is 24.4. The molecule has 0 bridgehead atoms. The van der Waals surface area contributed by atoms with Crippen LogP contribution in [0.4, 0.5) is 0 Å². The summed E-state index contributed by atoms with van der Waals surface area (Å²) in [4.78, 5) is 46.6. The second kappa shape index (κ2) is 54.0. The number of carbonyl (C=O) groups is 2. The van der Waals surface area contributed by atoms with Crippen molar-refractivity contribution >= 4 is 19.7 Å². The first-order valence-corrected chi connectivity index (χ1v) is 36.3. The highest BCUT2D eigenvalue weighted by Gasteiger charge is 2.52. The van der Waals surface area contributed by atoms with Crippen molar-refractivity contribution in [3.63, 3.8) is 0 Å². The second-order valence-corrected chi connectivity index (χ2v) is 25.6. The molecule has 0 spiro atoms. The summed E-state index contributed by atoms with van der Waals surface area (Å²) < 4.78 is 77.0. The van der Waals surface area contributed by atoms with Gasteiger partial charge in [0.05, 0.1) is 20.7 Å². The van der Waals surface area contributed by atoms with Gasteiger partial charge >= 0.3 is 13.8 Å². The van der Waals surface area contributed by atoms with Gasteiger partial charge in [0.1, 0.15) is 55.4 Å². The highest BCUT2D eigenvalue weighted by molar-refractivity contribution is 7.46. The number of hydrogen-bond donors (Lipinski definition) is 6. The molecule has 2 aliphatic heterocycles. The van der Waals surface area contributed by atoms with Crippen LogP contribution in [0.25, 0.3) is 0 Å². The number of carboxylic acid groups (broad SMARTS) is 1. The van der Waals surface area contributed by atoms with Crippen LogP contribution >= 0.6 is 7.82 Å². The van der Waals surface area contributed by atoms with Gasteiger partial charge in [0.2, 0.25) is 5.91 Å². The fraction of sp³-hybridized carbons (Fsp3) is 0.940. The van der Waals surface area contributed by atoms with Crippen molar-refractivity contribution in [3.05, 3.63) is 12.2 Å². The molecular formula is C67H128NO17P. The van der Waals surface area contributed by atoms with E-state index in [9.17, 15) is 39.3 Å². The Morgan fingerprint density at radius 1 is 0.547 bits per heavy atom. The first-order valence-electron chi connectivity index (χ1n) is 35.4. The van der Waals surface area contributed by atoms with Gasteiger partial charge in [0.15, 0.2) is 12.6 Å². The molecule has 0 saturated carbocycles. The van der Waals surface area contributed by atoms with Crippen LogP contribution in [-0.4, -0.2) is 151 Å². The number of phosphoric ester groups is 1. The number of nitrogens with one attached hydrogen (secondary N) is 1. The lowest BCUT2D eigenvalue weighted by Gasteiger charge is -2.47. The van der Waals surface area contributed by atoms with E-state index >= 15 is 0 Å². The predicted molar refractivity (Wildman–Crippen MR) is 340 cm³/mol. The zero-order valence-corrected chi connectivity index (χ0v) is 55.6. The number of aliphatic carboxylic acids is 1. The summed E-state index contributed by atoms with van der Waals surface area (Å²) in [6.45, 7) is 5.96. The van der Waals surface area contributed by atoms with Crippen LogP contribution < -0.4 is 5.32 Å². The van der Waals surface area contributed by atoms with Crippen molar-refractivity contribution in [1.29, 1.82) is 0 Å². The van der Waals surface area contributed by atoms with E-state index in [2.05, 4.69) is 45.2 Å². The zero-order valence-electron chi connectivity index (χ0n) is 55.7. The smallest absolute Gasteiger partial charge is 0.470 e. The number of rotatable bonds is 60. The largest absolute Gasteiger partial charge is 0.480 e. The molecule has 12 atom stereocenters. The van der Waals surface area contributed by atoms with Crippen molar-refractivity contribution in [3.8, 4) is 0 Å². The third kappa shape index (κ3) is 39.6. The standard InChI is InChI=1S/C67H128NO17P/c1-6-10-14-18-21-24-26-28-29-30-31-33-35-39-43-47-58(70)68-60-63(80-51-48-55(77-5)46-42-38-17-13-9-4)62(85-86(74,75)76)56(52-69)83-66(60)81-53-57-61(73)64(78-49-44-40-36-23-20-16-12-8-3)65(67(84-57)82-54-59(71)72)79-50-45-41-37-34-32-27-25-22-19-15-11-7-2/h24,26,55-57,60-67,69,73H,6-23,25,27-54H2,1-5H3,(H,68,70)(H,71,72)(H2,74,75,76)/b26-24-/t55-,56-,57-,60-,61-,62-,63-,64+,65-,66-,67?/m1/s1/i50D/t50?,55-,56-,57-,60-,61-,62-,63-,64+,65-,66-,67?. The van der Waals surface area contributed by atoms with E-state index in [4.69, 9.17) is 43.8 Å². The first-order chi connectivity index (χ1) is 42.2. The third-order valence-electron chi connectivity index (χ3n) is 16.7. The molecule has 2 unspecified atom stereocenters. The number of aliphatic hydroxyl groups excluding tert-OH is 2. The van der Waals surface area contributed by atoms with E-state index in [1.165, 1.54) is 83.5 Å². The molecule has 19 heteroatoms. The number of unbranched alkanes of at least 4 members (excludes halogenated alkanes) is 32. The van der Waals surface area contributed by atoms with Crippen molar-refractivity contribution in [2.45, 2.75) is 358 Å². The minimum Gasteiger partial charge on any atom is -0.480 e. The predicted octanol–water partition coefficient (Wildman–Crippen LogP) is 14.7. The minimum absolute atomic E-state index is 0.0221. The molecule has 0 aromatic heterocycles. The topological polar surface area (TPSA) is 247 Å². The fourth-order valence-corrected chi connectivity index (χ4v) is 12.1. The van der Waals surface area contributed by atoms with Crippen LogP contribution in [0, 0.1) is 0 Å². The summed E-state index contributed by atoms with van der Waals surface area (Å²) in [7, 11) is -3.64. The number of methoxy groups -OCH3 is 1.